The highest BCUT2D eigenvalue weighted by Crippen LogP contribution is 2.46. The van der Waals surface area contributed by atoms with E-state index in [0.717, 1.165) is 16.7 Å². The van der Waals surface area contributed by atoms with Crippen molar-refractivity contribution < 1.29 is 4.57 Å². The number of benzene rings is 1. The zero-order valence-electron chi connectivity index (χ0n) is 19.8. The lowest BCUT2D eigenvalue weighted by Gasteiger charge is -2.52. The maximum Gasteiger partial charge on any atom is 0.229 e. The average molecular weight is 500 g/mol. The summed E-state index contributed by atoms with van der Waals surface area (Å²) in [5, 5.41) is 12.2. The first-order chi connectivity index (χ1) is 16.2. The highest BCUT2D eigenvalue weighted by molar-refractivity contribution is 7.70. The van der Waals surface area contributed by atoms with Gasteiger partial charge in [0.2, 0.25) is 5.95 Å². The standard InChI is InChI=1S/C24H31ClN7OP/c1-31-15-24(16-31)10-8-18(9-11-24)32-14-17(12-27-32)28-23-26-13-19(25)22(30-23)29-20-6-4-5-7-21(20)34(2,3)33/h4-7,12-14,18H,8-11,15-16H2,1-3H3,(H2,26,28,29,30). The molecule has 8 nitrogen and oxygen atoms in total. The van der Waals surface area contributed by atoms with E-state index in [1.54, 1.807) is 19.5 Å². The molecule has 3 aromatic rings. The molecule has 0 radical (unpaired) electrons. The van der Waals surface area contributed by atoms with Gasteiger partial charge in [0.25, 0.3) is 0 Å². The van der Waals surface area contributed by atoms with Gasteiger partial charge in [-0.15, -0.1) is 0 Å². The second-order valence-electron chi connectivity index (χ2n) is 10.1. The predicted molar refractivity (Wildman–Crippen MR) is 139 cm³/mol. The van der Waals surface area contributed by atoms with Gasteiger partial charge >= 0.3 is 0 Å². The normalized spacial score (nSPS) is 18.6. The van der Waals surface area contributed by atoms with E-state index in [0.29, 0.717) is 28.2 Å². The summed E-state index contributed by atoms with van der Waals surface area (Å²) >= 11 is 6.37. The number of aromatic nitrogens is 4. The maximum atomic E-state index is 12.7. The summed E-state index contributed by atoms with van der Waals surface area (Å²) < 4.78 is 14.8. The first kappa shape index (κ1) is 23.3. The minimum absolute atomic E-state index is 0.385. The summed E-state index contributed by atoms with van der Waals surface area (Å²) in [5.74, 6) is 0.871. The molecule has 1 aromatic carbocycles. The molecule has 1 saturated carbocycles. The fourth-order valence-electron chi connectivity index (χ4n) is 5.32. The van der Waals surface area contributed by atoms with Gasteiger partial charge in [0.1, 0.15) is 12.2 Å². The van der Waals surface area contributed by atoms with Gasteiger partial charge in [-0.3, -0.25) is 4.68 Å². The van der Waals surface area contributed by atoms with Crippen LogP contribution in [0.4, 0.5) is 23.1 Å². The van der Waals surface area contributed by atoms with Gasteiger partial charge in [0, 0.05) is 24.6 Å². The van der Waals surface area contributed by atoms with Crippen molar-refractivity contribution in [2.24, 2.45) is 5.41 Å². The van der Waals surface area contributed by atoms with E-state index in [2.05, 4.69) is 42.3 Å². The van der Waals surface area contributed by atoms with E-state index < -0.39 is 7.14 Å². The number of likely N-dealkylation sites (tertiary alicyclic amines) is 1. The van der Waals surface area contributed by atoms with Gasteiger partial charge in [0.15, 0.2) is 5.82 Å². The Balaban J connectivity index is 1.27. The zero-order valence-corrected chi connectivity index (χ0v) is 21.5. The number of hydrogen-bond donors (Lipinski definition) is 2. The fourth-order valence-corrected chi connectivity index (χ4v) is 6.61. The smallest absolute Gasteiger partial charge is 0.229 e. The van der Waals surface area contributed by atoms with Crippen molar-refractivity contribution in [2.75, 3.05) is 44.1 Å². The van der Waals surface area contributed by atoms with Crippen LogP contribution in [0.1, 0.15) is 31.7 Å². The second kappa shape index (κ2) is 8.99. The van der Waals surface area contributed by atoms with E-state index in [4.69, 9.17) is 11.6 Å². The largest absolute Gasteiger partial charge is 0.338 e. The molecule has 0 atom stereocenters. The van der Waals surface area contributed by atoms with Crippen LogP contribution in [0.3, 0.4) is 0 Å². The Morgan fingerprint density at radius 3 is 2.56 bits per heavy atom. The minimum atomic E-state index is -2.47. The van der Waals surface area contributed by atoms with Gasteiger partial charge < -0.3 is 20.1 Å². The van der Waals surface area contributed by atoms with E-state index in [-0.39, 0.29) is 0 Å². The molecular weight excluding hydrogens is 469 g/mol. The van der Waals surface area contributed by atoms with Crippen LogP contribution in [0.25, 0.3) is 0 Å². The molecular formula is C24H31ClN7OP. The summed E-state index contributed by atoms with van der Waals surface area (Å²) in [5.41, 5.74) is 2.11. The number of nitrogens with zero attached hydrogens (tertiary/aromatic N) is 5. The van der Waals surface area contributed by atoms with Crippen LogP contribution in [0.15, 0.2) is 42.9 Å². The topological polar surface area (TPSA) is 88.0 Å². The summed E-state index contributed by atoms with van der Waals surface area (Å²) in [6.07, 6.45) is 10.3. The molecule has 1 spiro atoms. The molecule has 1 aliphatic carbocycles. The first-order valence-corrected chi connectivity index (χ1v) is 14.6. The van der Waals surface area contributed by atoms with Crippen LogP contribution in [0.2, 0.25) is 5.02 Å². The molecule has 1 saturated heterocycles. The number of rotatable bonds is 6. The van der Waals surface area contributed by atoms with Crippen LogP contribution >= 0.6 is 18.7 Å². The van der Waals surface area contributed by atoms with Crippen molar-refractivity contribution in [2.45, 2.75) is 31.7 Å². The summed E-state index contributed by atoms with van der Waals surface area (Å²) in [6.45, 7) is 5.95. The summed E-state index contributed by atoms with van der Waals surface area (Å²) in [4.78, 5) is 11.3. The second-order valence-corrected chi connectivity index (χ2v) is 13.7. The lowest BCUT2D eigenvalue weighted by molar-refractivity contribution is -0.0205. The fraction of sp³-hybridized carbons (Fsp3) is 0.458. The molecule has 2 aliphatic rings. The number of halogens is 1. The van der Waals surface area contributed by atoms with Gasteiger partial charge in [-0.05, 0) is 63.6 Å². The third kappa shape index (κ3) is 4.85. The van der Waals surface area contributed by atoms with Gasteiger partial charge in [-0.2, -0.15) is 10.1 Å². The van der Waals surface area contributed by atoms with Crippen LogP contribution in [-0.2, 0) is 4.57 Å². The van der Waals surface area contributed by atoms with Crippen molar-refractivity contribution in [3.05, 3.63) is 47.9 Å². The Morgan fingerprint density at radius 2 is 1.85 bits per heavy atom. The van der Waals surface area contributed by atoms with E-state index in [1.165, 1.54) is 38.8 Å². The predicted octanol–water partition coefficient (Wildman–Crippen LogP) is 5.11. The Labute approximate surface area is 205 Å². The molecule has 10 heteroatoms. The lowest BCUT2D eigenvalue weighted by atomic mass is 9.67. The monoisotopic (exact) mass is 499 g/mol. The van der Waals surface area contributed by atoms with E-state index in [1.807, 2.05) is 36.7 Å². The van der Waals surface area contributed by atoms with E-state index in [9.17, 15) is 4.57 Å². The molecule has 34 heavy (non-hydrogen) atoms. The van der Waals surface area contributed by atoms with Crippen molar-refractivity contribution in [3.8, 4) is 0 Å². The molecule has 180 valence electrons. The first-order valence-electron chi connectivity index (χ1n) is 11.6. The van der Waals surface area contributed by atoms with Crippen LogP contribution in [0, 0.1) is 5.41 Å². The number of anilines is 4. The average Bonchev–Trinajstić information content (AvgIpc) is 3.24. The minimum Gasteiger partial charge on any atom is -0.338 e. The molecule has 2 aromatic heterocycles. The van der Waals surface area contributed by atoms with Crippen molar-refractivity contribution >= 4 is 47.2 Å². The van der Waals surface area contributed by atoms with Gasteiger partial charge in [-0.25, -0.2) is 4.98 Å². The van der Waals surface area contributed by atoms with Gasteiger partial charge in [0.05, 0.1) is 29.8 Å². The van der Waals surface area contributed by atoms with Crippen LogP contribution < -0.4 is 15.9 Å². The quantitative estimate of drug-likeness (QED) is 0.456. The Hall–Kier alpha value is -2.41. The third-order valence-corrected chi connectivity index (χ3v) is 8.77. The number of hydrogen-bond acceptors (Lipinski definition) is 7. The van der Waals surface area contributed by atoms with Crippen LogP contribution in [-0.4, -0.2) is 58.1 Å². The Kier molecular flexibility index (Phi) is 6.17. The Bertz CT molecular complexity index is 1220. The lowest BCUT2D eigenvalue weighted by Crippen LogP contribution is -2.55. The molecule has 3 heterocycles. The highest BCUT2D eigenvalue weighted by atomic mass is 35.5. The molecule has 0 amide bonds. The van der Waals surface area contributed by atoms with Gasteiger partial charge in [-0.1, -0.05) is 23.7 Å². The number of para-hydroxylation sites is 1. The van der Waals surface area contributed by atoms with E-state index >= 15 is 0 Å². The third-order valence-electron chi connectivity index (χ3n) is 6.94. The van der Waals surface area contributed by atoms with Crippen molar-refractivity contribution in [1.29, 1.82) is 0 Å². The molecule has 2 fully saturated rings. The Morgan fingerprint density at radius 1 is 1.12 bits per heavy atom. The van der Waals surface area contributed by atoms with Crippen LogP contribution in [0.5, 0.6) is 0 Å². The molecule has 5 rings (SSSR count). The highest BCUT2D eigenvalue weighted by Gasteiger charge is 2.43. The molecule has 0 unspecified atom stereocenters. The molecule has 1 aliphatic heterocycles. The maximum absolute atomic E-state index is 12.7. The SMILES string of the molecule is CN1CC2(CCC(n3cc(Nc4ncc(Cl)c(Nc5ccccc5P(C)(C)=O)n4)cn3)CC2)C1. The number of nitrogens with one attached hydrogen (secondary N) is 2. The van der Waals surface area contributed by atoms with Crippen molar-refractivity contribution in [1.82, 2.24) is 24.6 Å². The summed E-state index contributed by atoms with van der Waals surface area (Å²) in [6, 6.07) is 7.94. The molecule has 2 N–H and O–H groups in total. The summed E-state index contributed by atoms with van der Waals surface area (Å²) in [7, 11) is -0.271. The zero-order chi connectivity index (χ0) is 23.9. The molecule has 0 bridgehead atoms. The van der Waals surface area contributed by atoms with Crippen molar-refractivity contribution in [3.63, 3.8) is 0 Å².